The minimum atomic E-state index is 0.458. The first-order valence-corrected chi connectivity index (χ1v) is 6.28. The molecule has 1 aliphatic rings. The molecule has 1 aliphatic heterocycles. The third kappa shape index (κ3) is 2.25. The highest BCUT2D eigenvalue weighted by atomic mass is 14.9. The Morgan fingerprint density at radius 2 is 1.53 bits per heavy atom. The van der Waals surface area contributed by atoms with Crippen LogP contribution in [-0.4, -0.2) is 6.54 Å². The van der Waals surface area contributed by atoms with E-state index in [0.29, 0.717) is 6.04 Å². The van der Waals surface area contributed by atoms with Crippen LogP contribution in [0.15, 0.2) is 54.6 Å². The Kier molecular flexibility index (Phi) is 2.93. The summed E-state index contributed by atoms with van der Waals surface area (Å²) in [6.07, 6.45) is 2.24. The highest BCUT2D eigenvalue weighted by molar-refractivity contribution is 5.32. The molecule has 1 atom stereocenters. The third-order valence-corrected chi connectivity index (χ3v) is 3.53. The van der Waals surface area contributed by atoms with Crippen molar-refractivity contribution >= 4 is 0 Å². The highest BCUT2D eigenvalue weighted by Crippen LogP contribution is 2.23. The zero-order chi connectivity index (χ0) is 11.5. The summed E-state index contributed by atoms with van der Waals surface area (Å²) in [7, 11) is 0. The van der Waals surface area contributed by atoms with Gasteiger partial charge in [0.2, 0.25) is 0 Å². The second kappa shape index (κ2) is 4.72. The summed E-state index contributed by atoms with van der Waals surface area (Å²) in [5.74, 6) is 0. The molecule has 0 radical (unpaired) electrons. The Morgan fingerprint density at radius 1 is 0.824 bits per heavy atom. The molecule has 0 aromatic heterocycles. The predicted molar refractivity (Wildman–Crippen MR) is 71.0 cm³/mol. The van der Waals surface area contributed by atoms with Gasteiger partial charge in [-0.25, -0.2) is 0 Å². The number of fused-ring (bicyclic) bond motifs is 1. The minimum Gasteiger partial charge on any atom is -0.309 e. The van der Waals surface area contributed by atoms with Crippen molar-refractivity contribution in [3.05, 3.63) is 71.3 Å². The molecule has 0 spiro atoms. The van der Waals surface area contributed by atoms with Gasteiger partial charge in [0.15, 0.2) is 0 Å². The lowest BCUT2D eigenvalue weighted by Crippen LogP contribution is -2.22. The number of rotatable bonds is 1. The minimum absolute atomic E-state index is 0.458. The molecule has 2 aromatic rings. The number of nitrogens with one attached hydrogen (secondary N) is 1. The molecule has 86 valence electrons. The number of hydrogen-bond donors (Lipinski definition) is 1. The molecule has 3 rings (SSSR count). The van der Waals surface area contributed by atoms with Crippen LogP contribution in [0.4, 0.5) is 0 Å². The van der Waals surface area contributed by atoms with Crippen molar-refractivity contribution in [3.8, 4) is 0 Å². The second-order valence-electron chi connectivity index (χ2n) is 4.64. The van der Waals surface area contributed by atoms with Crippen LogP contribution in [0.5, 0.6) is 0 Å². The van der Waals surface area contributed by atoms with Gasteiger partial charge < -0.3 is 5.32 Å². The first-order valence-electron chi connectivity index (χ1n) is 6.28. The molecule has 2 aromatic carbocycles. The van der Waals surface area contributed by atoms with Crippen molar-refractivity contribution in [2.75, 3.05) is 6.54 Å². The molecule has 0 saturated heterocycles. The largest absolute Gasteiger partial charge is 0.309 e. The van der Waals surface area contributed by atoms with Crippen LogP contribution in [0.1, 0.15) is 22.7 Å². The number of hydrogen-bond acceptors (Lipinski definition) is 1. The Bertz CT molecular complexity index is 490. The van der Waals surface area contributed by atoms with Gasteiger partial charge in [-0.1, -0.05) is 54.6 Å². The van der Waals surface area contributed by atoms with Crippen molar-refractivity contribution < 1.29 is 0 Å². The third-order valence-electron chi connectivity index (χ3n) is 3.53. The van der Waals surface area contributed by atoms with E-state index in [1.807, 2.05) is 0 Å². The van der Waals surface area contributed by atoms with Crippen LogP contribution in [0.2, 0.25) is 0 Å². The van der Waals surface area contributed by atoms with E-state index in [1.165, 1.54) is 16.7 Å². The summed E-state index contributed by atoms with van der Waals surface area (Å²) in [6.45, 7) is 1.07. The van der Waals surface area contributed by atoms with Gasteiger partial charge in [0.05, 0.1) is 0 Å². The van der Waals surface area contributed by atoms with E-state index in [4.69, 9.17) is 0 Å². The molecule has 1 unspecified atom stereocenters. The normalized spacial score (nSPS) is 19.4. The average molecular weight is 223 g/mol. The topological polar surface area (TPSA) is 12.0 Å². The van der Waals surface area contributed by atoms with Crippen molar-refractivity contribution in [2.24, 2.45) is 0 Å². The van der Waals surface area contributed by atoms with Gasteiger partial charge in [0, 0.05) is 6.04 Å². The first kappa shape index (κ1) is 10.5. The van der Waals surface area contributed by atoms with E-state index in [-0.39, 0.29) is 0 Å². The molecule has 0 bridgehead atoms. The van der Waals surface area contributed by atoms with Crippen LogP contribution >= 0.6 is 0 Å². The lowest BCUT2D eigenvalue weighted by Gasteiger charge is -2.16. The van der Waals surface area contributed by atoms with E-state index in [2.05, 4.69) is 59.9 Å². The fourth-order valence-corrected chi connectivity index (χ4v) is 2.59. The van der Waals surface area contributed by atoms with E-state index >= 15 is 0 Å². The monoisotopic (exact) mass is 223 g/mol. The summed E-state index contributed by atoms with van der Waals surface area (Å²) in [6, 6.07) is 20.0. The maximum absolute atomic E-state index is 3.64. The Balaban J connectivity index is 1.91. The second-order valence-corrected chi connectivity index (χ2v) is 4.64. The van der Waals surface area contributed by atoms with Gasteiger partial charge in [-0.05, 0) is 36.1 Å². The van der Waals surface area contributed by atoms with Crippen LogP contribution < -0.4 is 5.32 Å². The molecule has 1 nitrogen and oxygen atoms in total. The summed E-state index contributed by atoms with van der Waals surface area (Å²) in [4.78, 5) is 0. The van der Waals surface area contributed by atoms with E-state index < -0.39 is 0 Å². The molecule has 0 amide bonds. The van der Waals surface area contributed by atoms with Crippen molar-refractivity contribution in [3.63, 3.8) is 0 Å². The van der Waals surface area contributed by atoms with Crippen LogP contribution in [-0.2, 0) is 12.8 Å². The highest BCUT2D eigenvalue weighted by Gasteiger charge is 2.16. The molecule has 1 heterocycles. The predicted octanol–water partition coefficient (Wildman–Crippen LogP) is 3.12. The molecule has 0 saturated carbocycles. The van der Waals surface area contributed by atoms with E-state index in [1.54, 1.807) is 0 Å². The molecule has 0 fully saturated rings. The fraction of sp³-hybridized carbons (Fsp3) is 0.250. The lowest BCUT2D eigenvalue weighted by molar-refractivity contribution is 0.553. The SMILES string of the molecule is c1ccc(C2Cc3ccccc3CCN2)cc1. The maximum Gasteiger partial charge on any atom is 0.0361 e. The van der Waals surface area contributed by atoms with Gasteiger partial charge in [0.1, 0.15) is 0 Å². The quantitative estimate of drug-likeness (QED) is 0.783. The molecule has 17 heavy (non-hydrogen) atoms. The Hall–Kier alpha value is -1.60. The van der Waals surface area contributed by atoms with Crippen LogP contribution in [0.25, 0.3) is 0 Å². The zero-order valence-corrected chi connectivity index (χ0v) is 9.89. The zero-order valence-electron chi connectivity index (χ0n) is 9.89. The van der Waals surface area contributed by atoms with Gasteiger partial charge in [-0.3, -0.25) is 0 Å². The average Bonchev–Trinajstić information content (AvgIpc) is 2.62. The number of benzene rings is 2. The van der Waals surface area contributed by atoms with Crippen molar-refractivity contribution in [1.82, 2.24) is 5.32 Å². The van der Waals surface area contributed by atoms with Gasteiger partial charge in [-0.2, -0.15) is 0 Å². The maximum atomic E-state index is 3.64. The van der Waals surface area contributed by atoms with Gasteiger partial charge in [-0.15, -0.1) is 0 Å². The smallest absolute Gasteiger partial charge is 0.0361 e. The fourth-order valence-electron chi connectivity index (χ4n) is 2.59. The molecule has 1 N–H and O–H groups in total. The van der Waals surface area contributed by atoms with E-state index in [9.17, 15) is 0 Å². The van der Waals surface area contributed by atoms with Crippen LogP contribution in [0.3, 0.4) is 0 Å². The summed E-state index contributed by atoms with van der Waals surface area (Å²) in [5.41, 5.74) is 4.38. The standard InChI is InChI=1S/C16H17N/c1-2-7-14(8-3-1)16-12-15-9-5-4-6-13(15)10-11-17-16/h1-9,16-17H,10-12H2. The summed E-state index contributed by atoms with van der Waals surface area (Å²) >= 11 is 0. The lowest BCUT2D eigenvalue weighted by atomic mass is 9.97. The molecule has 1 heteroatoms. The Labute approximate surface area is 102 Å². The molecule has 0 aliphatic carbocycles. The van der Waals surface area contributed by atoms with Gasteiger partial charge >= 0.3 is 0 Å². The van der Waals surface area contributed by atoms with Crippen molar-refractivity contribution in [1.29, 1.82) is 0 Å². The summed E-state index contributed by atoms with van der Waals surface area (Å²) in [5, 5.41) is 3.64. The van der Waals surface area contributed by atoms with Gasteiger partial charge in [0.25, 0.3) is 0 Å². The van der Waals surface area contributed by atoms with E-state index in [0.717, 1.165) is 19.4 Å². The summed E-state index contributed by atoms with van der Waals surface area (Å²) < 4.78 is 0. The van der Waals surface area contributed by atoms with Crippen LogP contribution in [0, 0.1) is 0 Å². The Morgan fingerprint density at radius 3 is 2.35 bits per heavy atom. The molecular formula is C16H17N. The molecular weight excluding hydrogens is 206 g/mol. The van der Waals surface area contributed by atoms with Crippen molar-refractivity contribution in [2.45, 2.75) is 18.9 Å². The first-order chi connectivity index (χ1) is 8.43.